The van der Waals surface area contributed by atoms with E-state index in [-0.39, 0.29) is 11.7 Å². The molecule has 166 valence electrons. The number of amides is 1. The average Bonchev–Trinajstić information content (AvgIpc) is 3.48. The highest BCUT2D eigenvalue weighted by atomic mass is 16.5. The highest BCUT2D eigenvalue weighted by Gasteiger charge is 2.26. The molecule has 0 radical (unpaired) electrons. The number of nitrogens with one attached hydrogen (secondary N) is 3. The van der Waals surface area contributed by atoms with Gasteiger partial charge >= 0.3 is 0 Å². The summed E-state index contributed by atoms with van der Waals surface area (Å²) in [6.07, 6.45) is 10.1. The van der Waals surface area contributed by atoms with Gasteiger partial charge in [-0.2, -0.15) is 0 Å². The number of aromatic amines is 1. The van der Waals surface area contributed by atoms with Crippen LogP contribution in [0, 0.1) is 5.92 Å². The van der Waals surface area contributed by atoms with Gasteiger partial charge in [0, 0.05) is 30.0 Å². The molecule has 3 N–H and O–H groups in total. The van der Waals surface area contributed by atoms with Crippen LogP contribution < -0.4 is 15.4 Å². The second-order valence-corrected chi connectivity index (χ2v) is 8.75. The Labute approximate surface area is 184 Å². The largest absolute Gasteiger partial charge is 0.494 e. The molecule has 0 bridgehead atoms. The molecule has 31 heavy (non-hydrogen) atoms. The lowest BCUT2D eigenvalue weighted by molar-refractivity contribution is 0.0956. The molecule has 0 saturated heterocycles. The summed E-state index contributed by atoms with van der Waals surface area (Å²) in [4.78, 5) is 27.9. The first-order valence-electron chi connectivity index (χ1n) is 11.6. The van der Waals surface area contributed by atoms with E-state index in [1.54, 1.807) is 6.20 Å². The number of carbonyl (C=O) groups excluding carboxylic acids is 2. The van der Waals surface area contributed by atoms with Crippen molar-refractivity contribution in [3.63, 3.8) is 0 Å². The number of ketones is 1. The van der Waals surface area contributed by atoms with Crippen LogP contribution in [-0.4, -0.2) is 35.9 Å². The Hall–Kier alpha value is -2.60. The molecule has 1 aromatic heterocycles. The van der Waals surface area contributed by atoms with Gasteiger partial charge in [-0.25, -0.2) is 0 Å². The molecule has 2 aliphatic rings. The monoisotopic (exact) mass is 423 g/mol. The molecule has 1 aromatic carbocycles. The number of H-pyrrole nitrogens is 1. The number of anilines is 1. The van der Waals surface area contributed by atoms with Crippen molar-refractivity contribution in [1.82, 2.24) is 10.3 Å². The summed E-state index contributed by atoms with van der Waals surface area (Å²) < 4.78 is 5.83. The Morgan fingerprint density at radius 2 is 2.03 bits per heavy atom. The zero-order valence-corrected chi connectivity index (χ0v) is 18.3. The molecule has 4 rings (SSSR count). The molecule has 2 aliphatic carbocycles. The summed E-state index contributed by atoms with van der Waals surface area (Å²) in [6.45, 7) is 3.88. The molecular formula is C25H33N3O3. The summed E-state index contributed by atoms with van der Waals surface area (Å²) in [5.74, 6) is 1.53. The molecule has 2 aromatic rings. The van der Waals surface area contributed by atoms with Gasteiger partial charge in [0.2, 0.25) is 0 Å². The number of rotatable bonds is 11. The van der Waals surface area contributed by atoms with Gasteiger partial charge < -0.3 is 20.4 Å². The molecule has 1 fully saturated rings. The molecule has 1 heterocycles. The lowest BCUT2D eigenvalue weighted by atomic mass is 9.93. The number of hydrogen-bond donors (Lipinski definition) is 3. The zero-order valence-electron chi connectivity index (χ0n) is 18.3. The predicted molar refractivity (Wildman–Crippen MR) is 122 cm³/mol. The van der Waals surface area contributed by atoms with Gasteiger partial charge in [-0.05, 0) is 68.8 Å². The summed E-state index contributed by atoms with van der Waals surface area (Å²) >= 11 is 0. The summed E-state index contributed by atoms with van der Waals surface area (Å²) in [7, 11) is 0. The van der Waals surface area contributed by atoms with E-state index >= 15 is 0 Å². The van der Waals surface area contributed by atoms with Crippen LogP contribution in [0.25, 0.3) is 0 Å². The first-order valence-corrected chi connectivity index (χ1v) is 11.6. The highest BCUT2D eigenvalue weighted by Crippen LogP contribution is 2.34. The zero-order chi connectivity index (χ0) is 21.6. The fraction of sp³-hybridized carbons (Fsp3) is 0.520. The maximum Gasteiger partial charge on any atom is 0.257 e. The lowest BCUT2D eigenvalue weighted by Crippen LogP contribution is -2.30. The Morgan fingerprint density at radius 3 is 2.77 bits per heavy atom. The highest BCUT2D eigenvalue weighted by molar-refractivity contribution is 6.13. The quantitative estimate of drug-likeness (QED) is 0.457. The standard InChI is InChI=1S/C25H33N3O3/c1-2-18(15-17-7-8-17)26-13-4-14-31-20-11-9-19(10-12-20)28-25(30)21-16-27-22-5-3-6-23(29)24(21)22/h9-12,16-18,26-27H,2-8,13-15H2,1H3,(H,28,30). The number of fused-ring (bicyclic) bond motifs is 1. The molecule has 0 aliphatic heterocycles. The first-order chi connectivity index (χ1) is 15.1. The van der Waals surface area contributed by atoms with Gasteiger partial charge in [-0.1, -0.05) is 19.8 Å². The summed E-state index contributed by atoms with van der Waals surface area (Å²) in [5.41, 5.74) is 2.54. The molecule has 1 saturated carbocycles. The van der Waals surface area contributed by atoms with E-state index < -0.39 is 0 Å². The number of aryl methyl sites for hydroxylation is 1. The van der Waals surface area contributed by atoms with E-state index in [2.05, 4.69) is 22.5 Å². The molecule has 1 amide bonds. The van der Waals surface area contributed by atoms with Crippen LogP contribution >= 0.6 is 0 Å². The van der Waals surface area contributed by atoms with Crippen LogP contribution in [0.2, 0.25) is 0 Å². The number of benzene rings is 1. The molecule has 1 atom stereocenters. The minimum atomic E-state index is -0.260. The van der Waals surface area contributed by atoms with Gasteiger partial charge in [-0.3, -0.25) is 9.59 Å². The number of aromatic nitrogens is 1. The van der Waals surface area contributed by atoms with Crippen LogP contribution in [0.5, 0.6) is 5.75 Å². The third-order valence-electron chi connectivity index (χ3n) is 6.26. The Bertz CT molecular complexity index is 899. The van der Waals surface area contributed by atoms with E-state index in [1.807, 2.05) is 24.3 Å². The summed E-state index contributed by atoms with van der Waals surface area (Å²) in [6, 6.07) is 8.02. The third kappa shape index (κ3) is 5.76. The van der Waals surface area contributed by atoms with E-state index in [0.29, 0.717) is 35.9 Å². The molecule has 1 unspecified atom stereocenters. The van der Waals surface area contributed by atoms with Gasteiger partial charge in [-0.15, -0.1) is 0 Å². The van der Waals surface area contributed by atoms with Gasteiger partial charge in [0.1, 0.15) is 5.75 Å². The summed E-state index contributed by atoms with van der Waals surface area (Å²) in [5, 5.41) is 6.52. The van der Waals surface area contributed by atoms with Crippen LogP contribution in [-0.2, 0) is 6.42 Å². The molecule has 0 spiro atoms. The minimum Gasteiger partial charge on any atom is -0.494 e. The normalized spacial score (nSPS) is 16.6. The first kappa shape index (κ1) is 21.6. The van der Waals surface area contributed by atoms with E-state index in [4.69, 9.17) is 4.74 Å². The number of hydrogen-bond acceptors (Lipinski definition) is 4. The van der Waals surface area contributed by atoms with Gasteiger partial charge in [0.15, 0.2) is 5.78 Å². The van der Waals surface area contributed by atoms with Crippen LogP contribution in [0.1, 0.15) is 78.3 Å². The molecule has 6 nitrogen and oxygen atoms in total. The maximum absolute atomic E-state index is 12.7. The predicted octanol–water partition coefficient (Wildman–Crippen LogP) is 4.72. The second-order valence-electron chi connectivity index (χ2n) is 8.75. The van der Waals surface area contributed by atoms with Crippen molar-refractivity contribution in [3.8, 4) is 5.75 Å². The topological polar surface area (TPSA) is 83.2 Å². The van der Waals surface area contributed by atoms with Crippen LogP contribution in [0.3, 0.4) is 0 Å². The van der Waals surface area contributed by atoms with Crippen molar-refractivity contribution in [3.05, 3.63) is 47.3 Å². The van der Waals surface area contributed by atoms with Crippen molar-refractivity contribution in [2.24, 2.45) is 5.92 Å². The Balaban J connectivity index is 1.21. The third-order valence-corrected chi connectivity index (χ3v) is 6.26. The van der Waals surface area contributed by atoms with Crippen molar-refractivity contribution in [2.75, 3.05) is 18.5 Å². The SMILES string of the molecule is CCC(CC1CC1)NCCCOc1ccc(NC(=O)c2c[nH]c3c2C(=O)CCC3)cc1. The van der Waals surface area contributed by atoms with Gasteiger partial charge in [0.05, 0.1) is 17.7 Å². The van der Waals surface area contributed by atoms with Gasteiger partial charge in [0.25, 0.3) is 5.91 Å². The van der Waals surface area contributed by atoms with E-state index in [0.717, 1.165) is 43.2 Å². The smallest absolute Gasteiger partial charge is 0.257 e. The van der Waals surface area contributed by atoms with Crippen molar-refractivity contribution in [1.29, 1.82) is 0 Å². The Kier molecular flexibility index (Phi) is 7.07. The number of ether oxygens (including phenoxy) is 1. The molecule has 6 heteroatoms. The second kappa shape index (κ2) is 10.1. The van der Waals surface area contributed by atoms with E-state index in [9.17, 15) is 9.59 Å². The average molecular weight is 424 g/mol. The Morgan fingerprint density at radius 1 is 1.23 bits per heavy atom. The maximum atomic E-state index is 12.7. The number of carbonyl (C=O) groups is 2. The molecular weight excluding hydrogens is 390 g/mol. The lowest BCUT2D eigenvalue weighted by Gasteiger charge is -2.16. The number of Topliss-reactive ketones (excluding diaryl/α,β-unsaturated/α-hetero) is 1. The minimum absolute atomic E-state index is 0.0451. The van der Waals surface area contributed by atoms with Crippen LogP contribution in [0.15, 0.2) is 30.5 Å². The fourth-order valence-corrected chi connectivity index (χ4v) is 4.26. The van der Waals surface area contributed by atoms with Crippen LogP contribution in [0.4, 0.5) is 5.69 Å². The fourth-order valence-electron chi connectivity index (χ4n) is 4.26. The van der Waals surface area contributed by atoms with Crippen molar-refractivity contribution < 1.29 is 14.3 Å². The van der Waals surface area contributed by atoms with Crippen molar-refractivity contribution >= 4 is 17.4 Å². The van der Waals surface area contributed by atoms with Crippen molar-refractivity contribution in [2.45, 2.75) is 64.3 Å². The van der Waals surface area contributed by atoms with E-state index in [1.165, 1.54) is 25.7 Å².